The first kappa shape index (κ1) is 19.6. The molecule has 152 valence electrons. The quantitative estimate of drug-likeness (QED) is 0.439. The van der Waals surface area contributed by atoms with Crippen molar-refractivity contribution in [3.05, 3.63) is 84.3 Å². The summed E-state index contributed by atoms with van der Waals surface area (Å²) < 4.78 is 40.9. The van der Waals surface area contributed by atoms with Crippen LogP contribution in [0.3, 0.4) is 0 Å². The molecule has 0 spiro atoms. The van der Waals surface area contributed by atoms with E-state index in [1.807, 2.05) is 18.2 Å². The molecule has 0 aliphatic carbocycles. The van der Waals surface area contributed by atoms with Crippen molar-refractivity contribution >= 4 is 38.2 Å². The largest absolute Gasteiger partial charge is 0.326 e. The molecule has 1 amide bonds. The molecule has 9 heteroatoms. The number of amides is 1. The number of H-pyrrole nitrogens is 1. The molecular formula is C21H17FN4O3S. The summed E-state index contributed by atoms with van der Waals surface area (Å²) in [6.07, 6.45) is 0.0332. The Morgan fingerprint density at radius 1 is 0.967 bits per heavy atom. The summed E-state index contributed by atoms with van der Waals surface area (Å²) in [5, 5.41) is 10.4. The number of aromatic amines is 1. The zero-order chi connectivity index (χ0) is 21.1. The number of para-hydroxylation sites is 1. The lowest BCUT2D eigenvalue weighted by molar-refractivity contribution is -0.115. The number of benzene rings is 3. The summed E-state index contributed by atoms with van der Waals surface area (Å²) in [6.45, 7) is 0. The van der Waals surface area contributed by atoms with Crippen LogP contribution in [0.5, 0.6) is 0 Å². The number of aromatic nitrogens is 2. The summed E-state index contributed by atoms with van der Waals surface area (Å²) in [4.78, 5) is 12.2. The molecule has 0 fully saturated rings. The molecule has 0 radical (unpaired) electrons. The highest BCUT2D eigenvalue weighted by atomic mass is 32.2. The number of hydrogen-bond donors (Lipinski definition) is 3. The average molecular weight is 424 g/mol. The van der Waals surface area contributed by atoms with Gasteiger partial charge in [-0.2, -0.15) is 5.10 Å². The van der Waals surface area contributed by atoms with E-state index in [1.165, 1.54) is 18.2 Å². The van der Waals surface area contributed by atoms with Crippen LogP contribution in [0.15, 0.2) is 77.7 Å². The normalized spacial score (nSPS) is 11.4. The van der Waals surface area contributed by atoms with Crippen LogP contribution >= 0.6 is 0 Å². The average Bonchev–Trinajstić information content (AvgIpc) is 3.10. The van der Waals surface area contributed by atoms with Gasteiger partial charge in [-0.05, 0) is 48.5 Å². The summed E-state index contributed by atoms with van der Waals surface area (Å²) in [6, 6.07) is 18.6. The van der Waals surface area contributed by atoms with Crippen LogP contribution in [0.4, 0.5) is 15.8 Å². The number of nitrogens with one attached hydrogen (secondary N) is 3. The highest BCUT2D eigenvalue weighted by Crippen LogP contribution is 2.24. The molecule has 3 N–H and O–H groups in total. The van der Waals surface area contributed by atoms with Gasteiger partial charge in [-0.1, -0.05) is 24.3 Å². The topological polar surface area (TPSA) is 104 Å². The van der Waals surface area contributed by atoms with Crippen LogP contribution in [-0.2, 0) is 21.2 Å². The highest BCUT2D eigenvalue weighted by molar-refractivity contribution is 7.92. The number of hydrogen-bond acceptors (Lipinski definition) is 4. The second-order valence-electron chi connectivity index (χ2n) is 6.59. The minimum atomic E-state index is -3.96. The van der Waals surface area contributed by atoms with Gasteiger partial charge in [0.05, 0.1) is 22.5 Å². The Hall–Kier alpha value is -3.72. The number of fused-ring (bicyclic) bond motifs is 1. The predicted molar refractivity (Wildman–Crippen MR) is 112 cm³/mol. The standard InChI is InChI=1S/C21H17FN4O3S/c22-14-5-4-8-17(11-14)30(28,29)26-16-9-10-19-18(12-16)20(25-24-19)13-21(27)23-15-6-2-1-3-7-15/h1-12,26H,13H2,(H,23,27)(H,24,25). The van der Waals surface area contributed by atoms with E-state index in [9.17, 15) is 17.6 Å². The molecule has 0 bridgehead atoms. The van der Waals surface area contributed by atoms with Crippen LogP contribution in [0.2, 0.25) is 0 Å². The van der Waals surface area contributed by atoms with Crippen LogP contribution in [0.25, 0.3) is 10.9 Å². The van der Waals surface area contributed by atoms with Gasteiger partial charge in [0.15, 0.2) is 0 Å². The van der Waals surface area contributed by atoms with Crippen molar-refractivity contribution in [3.63, 3.8) is 0 Å². The van der Waals surface area contributed by atoms with Gasteiger partial charge in [0.1, 0.15) is 5.82 Å². The van der Waals surface area contributed by atoms with E-state index < -0.39 is 15.8 Å². The predicted octanol–water partition coefficient (Wildman–Crippen LogP) is 3.68. The van der Waals surface area contributed by atoms with E-state index in [1.54, 1.807) is 30.3 Å². The lowest BCUT2D eigenvalue weighted by Gasteiger charge is -2.09. The van der Waals surface area contributed by atoms with Crippen LogP contribution in [-0.4, -0.2) is 24.5 Å². The van der Waals surface area contributed by atoms with Crippen molar-refractivity contribution in [2.75, 3.05) is 10.0 Å². The molecule has 0 saturated carbocycles. The van der Waals surface area contributed by atoms with Gasteiger partial charge in [-0.15, -0.1) is 0 Å². The van der Waals surface area contributed by atoms with Gasteiger partial charge in [0, 0.05) is 16.8 Å². The second kappa shape index (κ2) is 7.96. The maximum absolute atomic E-state index is 13.4. The third-order valence-electron chi connectivity index (χ3n) is 4.39. The molecule has 0 unspecified atom stereocenters. The van der Waals surface area contributed by atoms with E-state index in [0.29, 0.717) is 22.3 Å². The monoisotopic (exact) mass is 424 g/mol. The Morgan fingerprint density at radius 2 is 1.77 bits per heavy atom. The number of nitrogens with zero attached hydrogens (tertiary/aromatic N) is 1. The van der Waals surface area contributed by atoms with Crippen molar-refractivity contribution in [3.8, 4) is 0 Å². The zero-order valence-electron chi connectivity index (χ0n) is 15.6. The number of sulfonamides is 1. The molecule has 1 heterocycles. The Labute approximate surface area is 172 Å². The van der Waals surface area contributed by atoms with Crippen molar-refractivity contribution in [1.29, 1.82) is 0 Å². The molecular weight excluding hydrogens is 407 g/mol. The summed E-state index contributed by atoms with van der Waals surface area (Å²) in [5.74, 6) is -0.882. The lowest BCUT2D eigenvalue weighted by Crippen LogP contribution is -2.15. The third kappa shape index (κ3) is 4.31. The molecule has 30 heavy (non-hydrogen) atoms. The van der Waals surface area contributed by atoms with Gasteiger partial charge in [-0.3, -0.25) is 14.6 Å². The second-order valence-corrected chi connectivity index (χ2v) is 8.27. The Balaban J connectivity index is 1.56. The fourth-order valence-electron chi connectivity index (χ4n) is 3.00. The fourth-order valence-corrected chi connectivity index (χ4v) is 4.08. The minimum Gasteiger partial charge on any atom is -0.326 e. The molecule has 0 atom stereocenters. The van der Waals surface area contributed by atoms with E-state index in [2.05, 4.69) is 20.2 Å². The van der Waals surface area contributed by atoms with Crippen molar-refractivity contribution < 1.29 is 17.6 Å². The minimum absolute atomic E-state index is 0.0332. The Bertz CT molecular complexity index is 1320. The molecule has 1 aromatic heterocycles. The van der Waals surface area contributed by atoms with Gasteiger partial charge < -0.3 is 5.32 Å². The number of anilines is 2. The number of rotatable bonds is 6. The molecule has 4 rings (SSSR count). The van der Waals surface area contributed by atoms with E-state index in [0.717, 1.165) is 6.07 Å². The zero-order valence-corrected chi connectivity index (χ0v) is 16.4. The van der Waals surface area contributed by atoms with Crippen LogP contribution in [0, 0.1) is 5.82 Å². The first-order valence-electron chi connectivity index (χ1n) is 9.01. The highest BCUT2D eigenvalue weighted by Gasteiger charge is 2.16. The molecule has 7 nitrogen and oxygen atoms in total. The van der Waals surface area contributed by atoms with E-state index in [-0.39, 0.29) is 22.9 Å². The van der Waals surface area contributed by atoms with E-state index >= 15 is 0 Å². The smallest absolute Gasteiger partial charge is 0.261 e. The Morgan fingerprint density at radius 3 is 2.53 bits per heavy atom. The molecule has 0 aliphatic heterocycles. The molecule has 3 aromatic carbocycles. The molecule has 4 aromatic rings. The van der Waals surface area contributed by atoms with Gasteiger partial charge in [-0.25, -0.2) is 12.8 Å². The molecule has 0 aliphatic rings. The summed E-state index contributed by atoms with van der Waals surface area (Å²) in [5.41, 5.74) is 2.09. The number of halogens is 1. The first-order chi connectivity index (χ1) is 14.4. The first-order valence-corrected chi connectivity index (χ1v) is 10.5. The van der Waals surface area contributed by atoms with Crippen molar-refractivity contribution in [1.82, 2.24) is 10.2 Å². The van der Waals surface area contributed by atoms with Gasteiger partial charge in [0.25, 0.3) is 10.0 Å². The van der Waals surface area contributed by atoms with E-state index in [4.69, 9.17) is 0 Å². The molecule has 0 saturated heterocycles. The number of carbonyl (C=O) groups is 1. The fraction of sp³-hybridized carbons (Fsp3) is 0.0476. The summed E-state index contributed by atoms with van der Waals surface area (Å²) in [7, 11) is -3.96. The number of carbonyl (C=O) groups excluding carboxylic acids is 1. The van der Waals surface area contributed by atoms with Gasteiger partial charge >= 0.3 is 0 Å². The van der Waals surface area contributed by atoms with Gasteiger partial charge in [0.2, 0.25) is 5.91 Å². The van der Waals surface area contributed by atoms with Crippen LogP contribution in [0.1, 0.15) is 5.69 Å². The van der Waals surface area contributed by atoms with Crippen LogP contribution < -0.4 is 10.0 Å². The maximum Gasteiger partial charge on any atom is 0.261 e. The Kier molecular flexibility index (Phi) is 5.20. The SMILES string of the molecule is O=C(Cc1[nH]nc2ccc(NS(=O)(=O)c3cccc(F)c3)cc12)Nc1ccccc1. The van der Waals surface area contributed by atoms with Crippen molar-refractivity contribution in [2.24, 2.45) is 0 Å². The third-order valence-corrected chi connectivity index (χ3v) is 5.77. The lowest BCUT2D eigenvalue weighted by atomic mass is 10.1. The maximum atomic E-state index is 13.4. The summed E-state index contributed by atoms with van der Waals surface area (Å²) >= 11 is 0. The van der Waals surface area contributed by atoms with Crippen molar-refractivity contribution in [2.45, 2.75) is 11.3 Å².